The fraction of sp³-hybridized carbons (Fsp3) is 0.167. The van der Waals surface area contributed by atoms with Gasteiger partial charge in [-0.15, -0.1) is 0 Å². The molecule has 0 fully saturated rings. The lowest BCUT2D eigenvalue weighted by molar-refractivity contribution is 0.451. The monoisotopic (exact) mass is 600 g/mol. The van der Waals surface area contributed by atoms with Gasteiger partial charge in [-0.1, -0.05) is 23.2 Å². The highest BCUT2D eigenvalue weighted by atomic mass is 79.9. The molecule has 2 aliphatic rings. The number of rotatable bonds is 2. The van der Waals surface area contributed by atoms with Crippen molar-refractivity contribution in [3.63, 3.8) is 0 Å². The summed E-state index contributed by atoms with van der Waals surface area (Å²) in [4.78, 5) is 39.8. The van der Waals surface area contributed by atoms with E-state index in [1.165, 1.54) is 0 Å². The fourth-order valence-electron chi connectivity index (χ4n) is 4.83. The quantitative estimate of drug-likeness (QED) is 0.283. The minimum atomic E-state index is -0.237. The van der Waals surface area contributed by atoms with E-state index in [1.54, 1.807) is 27.3 Å². The van der Waals surface area contributed by atoms with Crippen molar-refractivity contribution in [2.45, 2.75) is 26.9 Å². The largest absolute Gasteiger partial charge is 0.451 e. The van der Waals surface area contributed by atoms with E-state index >= 15 is 0 Å². The maximum Gasteiger partial charge on any atom is 0.326 e. The molecular formula is C24H15BrCl2N6O4. The second kappa shape index (κ2) is 7.73. The van der Waals surface area contributed by atoms with Gasteiger partial charge < -0.3 is 19.4 Å². The van der Waals surface area contributed by atoms with Crippen LogP contribution in [0.4, 0.5) is 11.4 Å². The van der Waals surface area contributed by atoms with Crippen molar-refractivity contribution in [2.24, 2.45) is 9.98 Å². The summed E-state index contributed by atoms with van der Waals surface area (Å²) >= 11 is 17.1. The van der Waals surface area contributed by atoms with E-state index < -0.39 is 0 Å². The molecule has 3 aromatic carbocycles. The minimum absolute atomic E-state index is 0.170. The lowest BCUT2D eigenvalue weighted by Crippen LogP contribution is -2.22. The van der Waals surface area contributed by atoms with Gasteiger partial charge in [-0.2, -0.15) is 0 Å². The number of aromatic nitrogens is 4. The van der Waals surface area contributed by atoms with Gasteiger partial charge in [0.1, 0.15) is 32.1 Å². The highest BCUT2D eigenvalue weighted by Gasteiger charge is 2.29. The van der Waals surface area contributed by atoms with Crippen LogP contribution in [0.1, 0.15) is 13.8 Å². The Morgan fingerprint density at radius 1 is 0.865 bits per heavy atom. The maximum absolute atomic E-state index is 12.4. The Morgan fingerprint density at radius 3 is 2.16 bits per heavy atom. The van der Waals surface area contributed by atoms with E-state index in [-0.39, 0.29) is 38.3 Å². The predicted molar refractivity (Wildman–Crippen MR) is 142 cm³/mol. The summed E-state index contributed by atoms with van der Waals surface area (Å²) in [5.74, 6) is 1.30. The molecule has 2 aromatic heterocycles. The number of aryl methyl sites for hydroxylation is 2. The zero-order chi connectivity index (χ0) is 25.7. The van der Waals surface area contributed by atoms with Crippen LogP contribution in [0.25, 0.3) is 22.1 Å². The summed E-state index contributed by atoms with van der Waals surface area (Å²) in [6.45, 7) is 4.74. The second-order valence-corrected chi connectivity index (χ2v) is 10.1. The SMILES string of the molecule is CCn1c(=O)[nH]c2cc3c(cc21)Oc1c(Cl)c2c(c(Cl)c1=N3)Oc1cc3c([nH]c(=O)n3CC)c(Br)c1N=2. The summed E-state index contributed by atoms with van der Waals surface area (Å²) < 4.78 is 16.1. The van der Waals surface area contributed by atoms with E-state index in [2.05, 4.69) is 25.9 Å². The minimum Gasteiger partial charge on any atom is -0.451 e. The van der Waals surface area contributed by atoms with Gasteiger partial charge in [0.2, 0.25) is 0 Å². The topological polar surface area (TPSA) is 119 Å². The predicted octanol–water partition coefficient (Wildman–Crippen LogP) is 5.20. The summed E-state index contributed by atoms with van der Waals surface area (Å²) in [5, 5.41) is 0.915. The number of hydrogen-bond acceptors (Lipinski definition) is 6. The van der Waals surface area contributed by atoms with Crippen LogP contribution in [0.15, 0.2) is 42.2 Å². The number of hydrogen-bond donors (Lipinski definition) is 2. The molecule has 0 spiro atoms. The first kappa shape index (κ1) is 22.6. The average Bonchev–Trinajstić information content (AvgIpc) is 3.38. The van der Waals surface area contributed by atoms with Gasteiger partial charge in [-0.05, 0) is 35.8 Å². The molecule has 13 heteroatoms. The third-order valence-corrected chi connectivity index (χ3v) is 8.04. The molecule has 0 unspecified atom stereocenters. The third kappa shape index (κ3) is 2.98. The molecule has 10 nitrogen and oxygen atoms in total. The molecular weight excluding hydrogens is 587 g/mol. The molecule has 186 valence electrons. The Kier molecular flexibility index (Phi) is 4.73. The number of benzene rings is 3. The van der Waals surface area contributed by atoms with Crippen molar-refractivity contribution >= 4 is 72.6 Å². The van der Waals surface area contributed by atoms with Crippen LogP contribution in [0.3, 0.4) is 0 Å². The van der Waals surface area contributed by atoms with Crippen LogP contribution in [0.5, 0.6) is 23.0 Å². The smallest absolute Gasteiger partial charge is 0.326 e. The van der Waals surface area contributed by atoms with Gasteiger partial charge >= 0.3 is 11.4 Å². The molecule has 4 heterocycles. The number of ether oxygens (including phenoxy) is 2. The van der Waals surface area contributed by atoms with Crippen molar-refractivity contribution in [1.82, 2.24) is 19.1 Å². The maximum atomic E-state index is 12.4. The van der Waals surface area contributed by atoms with Crippen LogP contribution in [0.2, 0.25) is 10.0 Å². The van der Waals surface area contributed by atoms with Crippen molar-refractivity contribution in [1.29, 1.82) is 0 Å². The van der Waals surface area contributed by atoms with E-state index in [0.717, 1.165) is 0 Å². The summed E-state index contributed by atoms with van der Waals surface area (Å²) in [6.07, 6.45) is 0. The lowest BCUT2D eigenvalue weighted by Gasteiger charge is -2.21. The third-order valence-electron chi connectivity index (χ3n) is 6.56. The van der Waals surface area contributed by atoms with Crippen molar-refractivity contribution < 1.29 is 9.47 Å². The number of aromatic amines is 2. The van der Waals surface area contributed by atoms with Crippen LogP contribution in [-0.2, 0) is 13.1 Å². The number of nitrogens with one attached hydrogen (secondary N) is 2. The number of fused-ring (bicyclic) bond motifs is 6. The van der Waals surface area contributed by atoms with Crippen molar-refractivity contribution in [2.75, 3.05) is 0 Å². The van der Waals surface area contributed by atoms with Crippen LogP contribution in [0, 0.1) is 0 Å². The Morgan fingerprint density at radius 2 is 1.46 bits per heavy atom. The van der Waals surface area contributed by atoms with Gasteiger partial charge in [0, 0.05) is 25.2 Å². The molecule has 0 atom stereocenters. The first-order valence-electron chi connectivity index (χ1n) is 11.4. The molecule has 0 aliphatic carbocycles. The molecule has 0 radical (unpaired) electrons. The molecule has 37 heavy (non-hydrogen) atoms. The molecule has 0 amide bonds. The average molecular weight is 602 g/mol. The van der Waals surface area contributed by atoms with Gasteiger partial charge in [-0.3, -0.25) is 9.13 Å². The second-order valence-electron chi connectivity index (χ2n) is 8.53. The van der Waals surface area contributed by atoms with Crippen LogP contribution < -0.4 is 31.6 Å². The molecule has 5 aromatic rings. The molecule has 0 bridgehead atoms. The van der Waals surface area contributed by atoms with Crippen LogP contribution >= 0.6 is 39.1 Å². The van der Waals surface area contributed by atoms with E-state index in [4.69, 9.17) is 42.7 Å². The highest BCUT2D eigenvalue weighted by Crippen LogP contribution is 2.47. The number of nitrogens with zero attached hydrogens (tertiary/aromatic N) is 4. The molecule has 7 rings (SSSR count). The number of halogens is 3. The van der Waals surface area contributed by atoms with Gasteiger partial charge in [0.25, 0.3) is 0 Å². The van der Waals surface area contributed by atoms with E-state index in [0.29, 0.717) is 67.9 Å². The zero-order valence-corrected chi connectivity index (χ0v) is 22.3. The van der Waals surface area contributed by atoms with Crippen molar-refractivity contribution in [3.8, 4) is 23.0 Å². The highest BCUT2D eigenvalue weighted by molar-refractivity contribution is 9.10. The summed E-state index contributed by atoms with van der Waals surface area (Å²) in [6, 6.07) is 5.21. The van der Waals surface area contributed by atoms with Crippen molar-refractivity contribution in [3.05, 3.63) is 64.4 Å². The normalized spacial score (nSPS) is 13.2. The van der Waals surface area contributed by atoms with Gasteiger partial charge in [-0.25, -0.2) is 19.6 Å². The van der Waals surface area contributed by atoms with Crippen LogP contribution in [-0.4, -0.2) is 19.1 Å². The Bertz CT molecular complexity index is 2110. The zero-order valence-electron chi connectivity index (χ0n) is 19.2. The standard InChI is InChI=1S/C24H15BrCl2N6O4/c1-3-32-10-6-12-9(5-8(10)29-23(32)34)28-19-15(26)22-20(16(27)21(19)36-12)30-18-13(37-22)7-11-17(14(18)25)31-24(35)33(11)4-2/h5-7H,3-4H2,1-2H3,(H,29,34)(H,31,35). The Hall–Kier alpha value is -3.54. The van der Waals surface area contributed by atoms with E-state index in [9.17, 15) is 9.59 Å². The first-order chi connectivity index (χ1) is 17.8. The fourth-order valence-corrected chi connectivity index (χ4v) is 5.93. The number of H-pyrrole nitrogens is 2. The van der Waals surface area contributed by atoms with Gasteiger partial charge in [0.05, 0.1) is 26.5 Å². The molecule has 0 saturated heterocycles. The molecule has 0 saturated carbocycles. The van der Waals surface area contributed by atoms with E-state index in [1.807, 2.05) is 13.8 Å². The molecule has 2 aliphatic heterocycles. The summed E-state index contributed by atoms with van der Waals surface area (Å²) in [5.41, 5.74) is 3.06. The molecule has 2 N–H and O–H groups in total. The lowest BCUT2D eigenvalue weighted by atomic mass is 10.2. The number of imidazole rings is 2. The Balaban J connectivity index is 1.49. The first-order valence-corrected chi connectivity index (χ1v) is 12.9. The summed E-state index contributed by atoms with van der Waals surface area (Å²) in [7, 11) is 0. The Labute approximate surface area is 224 Å². The van der Waals surface area contributed by atoms with Gasteiger partial charge in [0.15, 0.2) is 23.0 Å².